The molecule has 134 valence electrons. The predicted octanol–water partition coefficient (Wildman–Crippen LogP) is 5.09. The van der Waals surface area contributed by atoms with Gasteiger partial charge in [0.1, 0.15) is 11.3 Å². The number of fused-ring (bicyclic) bond motifs is 2. The van der Waals surface area contributed by atoms with Crippen LogP contribution < -0.4 is 0 Å². The van der Waals surface area contributed by atoms with Crippen molar-refractivity contribution in [3.63, 3.8) is 0 Å². The molecule has 0 aliphatic carbocycles. The van der Waals surface area contributed by atoms with E-state index in [2.05, 4.69) is 24.9 Å². The summed E-state index contributed by atoms with van der Waals surface area (Å²) in [5.74, 6) is -0.413. The van der Waals surface area contributed by atoms with Crippen molar-refractivity contribution in [3.8, 4) is 22.4 Å². The van der Waals surface area contributed by atoms with E-state index in [1.807, 2.05) is 12.1 Å². The van der Waals surface area contributed by atoms with Crippen LogP contribution in [0, 0.1) is 5.82 Å². The topological polar surface area (TPSA) is 64.5 Å². The Balaban J connectivity index is 1.87. The Labute approximate surface area is 163 Å². The summed E-state index contributed by atoms with van der Waals surface area (Å²) in [7, 11) is 0. The second kappa shape index (κ2) is 6.58. The van der Waals surface area contributed by atoms with E-state index in [4.69, 9.17) is 11.6 Å². The average Bonchev–Trinajstić information content (AvgIpc) is 2.74. The summed E-state index contributed by atoms with van der Waals surface area (Å²) in [5, 5.41) is 1.34. The number of aromatic nitrogens is 5. The smallest absolute Gasteiger partial charge is 0.179 e. The molecule has 0 atom stereocenters. The predicted molar refractivity (Wildman–Crippen MR) is 106 cm³/mol. The lowest BCUT2D eigenvalue weighted by atomic mass is 10.00. The van der Waals surface area contributed by atoms with Crippen molar-refractivity contribution in [2.24, 2.45) is 0 Å². The van der Waals surface area contributed by atoms with Crippen molar-refractivity contribution in [2.45, 2.75) is 0 Å². The van der Waals surface area contributed by atoms with Crippen LogP contribution in [0.1, 0.15) is 0 Å². The lowest BCUT2D eigenvalue weighted by Crippen LogP contribution is -1.96. The molecule has 4 heterocycles. The first-order chi connectivity index (χ1) is 13.7. The van der Waals surface area contributed by atoms with E-state index in [1.165, 1.54) is 12.1 Å². The largest absolute Gasteiger partial charge is 0.262 e. The maximum atomic E-state index is 14.5. The van der Waals surface area contributed by atoms with Gasteiger partial charge in [0, 0.05) is 51.9 Å². The highest BCUT2D eigenvalue weighted by atomic mass is 35.5. The first-order valence-electron chi connectivity index (χ1n) is 8.47. The van der Waals surface area contributed by atoms with Crippen LogP contribution in [-0.2, 0) is 0 Å². The van der Waals surface area contributed by atoms with Crippen LogP contribution in [0.4, 0.5) is 4.39 Å². The average molecular weight is 388 g/mol. The first-order valence-corrected chi connectivity index (χ1v) is 8.85. The van der Waals surface area contributed by atoms with Gasteiger partial charge in [0.15, 0.2) is 5.65 Å². The maximum absolute atomic E-state index is 14.5. The number of benzene rings is 1. The van der Waals surface area contributed by atoms with E-state index >= 15 is 0 Å². The highest BCUT2D eigenvalue weighted by Gasteiger charge is 2.16. The monoisotopic (exact) mass is 387 g/mol. The number of rotatable bonds is 2. The van der Waals surface area contributed by atoms with Gasteiger partial charge >= 0.3 is 0 Å². The SMILES string of the molecule is Fc1ccc(Cl)cc1-c1cc(-c2cncc3ncccc23)c2nccnc2n1. The molecule has 28 heavy (non-hydrogen) atoms. The zero-order valence-electron chi connectivity index (χ0n) is 14.3. The molecule has 0 saturated heterocycles. The molecule has 0 bridgehead atoms. The summed E-state index contributed by atoms with van der Waals surface area (Å²) < 4.78 is 14.5. The first kappa shape index (κ1) is 16.6. The van der Waals surface area contributed by atoms with Gasteiger partial charge in [-0.1, -0.05) is 17.7 Å². The molecule has 0 aliphatic rings. The normalized spacial score (nSPS) is 11.2. The van der Waals surface area contributed by atoms with E-state index in [-0.39, 0.29) is 0 Å². The molecule has 4 aromatic heterocycles. The quantitative estimate of drug-likeness (QED) is 0.422. The van der Waals surface area contributed by atoms with Crippen LogP contribution in [0.5, 0.6) is 0 Å². The minimum Gasteiger partial charge on any atom is -0.262 e. The fraction of sp³-hybridized carbons (Fsp3) is 0. The fourth-order valence-electron chi connectivity index (χ4n) is 3.21. The van der Waals surface area contributed by atoms with Crippen LogP contribution in [0.2, 0.25) is 5.02 Å². The molecular weight excluding hydrogens is 377 g/mol. The highest BCUT2D eigenvalue weighted by Crippen LogP contribution is 2.34. The molecule has 0 radical (unpaired) electrons. The van der Waals surface area contributed by atoms with Gasteiger partial charge < -0.3 is 0 Å². The standard InChI is InChI=1S/C21H11ClFN5/c22-12-3-4-17(23)15(8-12)18-9-14(20-21(28-18)27-7-6-26-20)16-10-24-11-19-13(16)2-1-5-25-19/h1-11H. The summed E-state index contributed by atoms with van der Waals surface area (Å²) >= 11 is 6.08. The molecule has 5 nitrogen and oxygen atoms in total. The van der Waals surface area contributed by atoms with Gasteiger partial charge in [-0.25, -0.2) is 14.4 Å². The molecule has 0 saturated carbocycles. The zero-order valence-corrected chi connectivity index (χ0v) is 15.1. The Morgan fingerprint density at radius 1 is 0.821 bits per heavy atom. The van der Waals surface area contributed by atoms with Gasteiger partial charge in [0.2, 0.25) is 0 Å². The van der Waals surface area contributed by atoms with Gasteiger partial charge in [-0.2, -0.15) is 0 Å². The Hall–Kier alpha value is -3.51. The molecule has 1 aromatic carbocycles. The van der Waals surface area contributed by atoms with E-state index in [9.17, 15) is 4.39 Å². The number of hydrogen-bond acceptors (Lipinski definition) is 5. The zero-order chi connectivity index (χ0) is 19.1. The summed E-state index contributed by atoms with van der Waals surface area (Å²) in [4.78, 5) is 21.9. The van der Waals surface area contributed by atoms with E-state index in [0.29, 0.717) is 27.4 Å². The Bertz CT molecular complexity index is 1350. The third-order valence-electron chi connectivity index (χ3n) is 4.47. The lowest BCUT2D eigenvalue weighted by Gasteiger charge is -2.11. The van der Waals surface area contributed by atoms with Crippen molar-refractivity contribution in [3.05, 3.63) is 78.2 Å². The molecule has 0 spiro atoms. The van der Waals surface area contributed by atoms with Crippen LogP contribution in [0.15, 0.2) is 67.4 Å². The van der Waals surface area contributed by atoms with Crippen LogP contribution in [0.25, 0.3) is 44.5 Å². The molecular formula is C21H11ClFN5. The summed E-state index contributed by atoms with van der Waals surface area (Å²) in [6.45, 7) is 0. The summed E-state index contributed by atoms with van der Waals surface area (Å²) in [6.07, 6.45) is 8.31. The molecule has 5 rings (SSSR count). The highest BCUT2D eigenvalue weighted by molar-refractivity contribution is 6.30. The second-order valence-electron chi connectivity index (χ2n) is 6.16. The molecule has 7 heteroatoms. The number of hydrogen-bond donors (Lipinski definition) is 0. The second-order valence-corrected chi connectivity index (χ2v) is 6.60. The molecule has 0 aliphatic heterocycles. The Morgan fingerprint density at radius 3 is 2.64 bits per heavy atom. The van der Waals surface area contributed by atoms with Gasteiger partial charge in [0.25, 0.3) is 0 Å². The van der Waals surface area contributed by atoms with Crippen molar-refractivity contribution < 1.29 is 4.39 Å². The Morgan fingerprint density at radius 2 is 1.71 bits per heavy atom. The number of nitrogens with zero attached hydrogens (tertiary/aromatic N) is 5. The minimum absolute atomic E-state index is 0.299. The molecule has 5 aromatic rings. The maximum Gasteiger partial charge on any atom is 0.179 e. The van der Waals surface area contributed by atoms with Crippen LogP contribution in [-0.4, -0.2) is 24.9 Å². The summed E-state index contributed by atoms with van der Waals surface area (Å²) in [5.41, 5.74) is 4.06. The van der Waals surface area contributed by atoms with Gasteiger partial charge in [-0.15, -0.1) is 0 Å². The van der Waals surface area contributed by atoms with Crippen LogP contribution in [0.3, 0.4) is 0 Å². The number of halogens is 2. The summed E-state index contributed by atoms with van der Waals surface area (Å²) in [6, 6.07) is 9.98. The third-order valence-corrected chi connectivity index (χ3v) is 4.70. The van der Waals surface area contributed by atoms with Crippen molar-refractivity contribution >= 4 is 33.7 Å². The molecule has 0 N–H and O–H groups in total. The van der Waals surface area contributed by atoms with Gasteiger partial charge in [0.05, 0.1) is 17.4 Å². The molecule has 0 fully saturated rings. The fourth-order valence-corrected chi connectivity index (χ4v) is 3.38. The van der Waals surface area contributed by atoms with Crippen LogP contribution >= 0.6 is 11.6 Å². The third kappa shape index (κ3) is 2.75. The van der Waals surface area contributed by atoms with Crippen molar-refractivity contribution in [2.75, 3.05) is 0 Å². The lowest BCUT2D eigenvalue weighted by molar-refractivity contribution is 0.631. The van der Waals surface area contributed by atoms with Crippen molar-refractivity contribution in [1.82, 2.24) is 24.9 Å². The van der Waals surface area contributed by atoms with Gasteiger partial charge in [-0.05, 0) is 30.3 Å². The van der Waals surface area contributed by atoms with E-state index in [1.54, 1.807) is 43.1 Å². The van der Waals surface area contributed by atoms with Gasteiger partial charge in [-0.3, -0.25) is 15.0 Å². The van der Waals surface area contributed by atoms with E-state index < -0.39 is 5.82 Å². The Kier molecular flexibility index (Phi) is 3.91. The molecule has 0 amide bonds. The van der Waals surface area contributed by atoms with Crippen molar-refractivity contribution in [1.29, 1.82) is 0 Å². The minimum atomic E-state index is -0.413. The number of pyridine rings is 3. The van der Waals surface area contributed by atoms with E-state index in [0.717, 1.165) is 22.0 Å². The molecule has 0 unspecified atom stereocenters.